The van der Waals surface area contributed by atoms with Gasteiger partial charge >= 0.3 is 12.1 Å². The number of benzene rings is 2. The predicted molar refractivity (Wildman–Crippen MR) is 126 cm³/mol. The van der Waals surface area contributed by atoms with Crippen molar-refractivity contribution >= 4 is 23.8 Å². The summed E-state index contributed by atoms with van der Waals surface area (Å²) in [5.41, 5.74) is 2.90. The quantitative estimate of drug-likeness (QED) is 0.485. The number of aliphatic carboxylic acids is 1. The van der Waals surface area contributed by atoms with E-state index in [9.17, 15) is 14.4 Å². The number of nitrogens with zero attached hydrogens (tertiary/aromatic N) is 2. The number of aromatic nitrogens is 2. The Balaban J connectivity index is 1.69. The van der Waals surface area contributed by atoms with Gasteiger partial charge in [-0.2, -0.15) is 5.10 Å². The zero-order chi connectivity index (χ0) is 24.7. The lowest BCUT2D eigenvalue weighted by Gasteiger charge is -2.15. The van der Waals surface area contributed by atoms with Crippen LogP contribution in [0.15, 0.2) is 60.8 Å². The number of ether oxygens (including phenoxy) is 1. The number of carbonyl (C=O) groups is 3. The fourth-order valence-corrected chi connectivity index (χ4v) is 3.03. The molecule has 3 aromatic rings. The standard InChI is InChI=1S/C25H24N4O5/c1-16(24(31)32)27-22(30)14-11-18-9-12-20(13-10-18)21-15-26-29(3)23(21)28-25(33)34-17(2)19-7-5-4-6-8-19/h4-10,12-13,15-17H,1-3H3,(H,27,30)(H,28,33)(H,31,32)/t16-,17-/m1/s1. The summed E-state index contributed by atoms with van der Waals surface area (Å²) in [5, 5.41) is 18.1. The molecule has 3 N–H and O–H groups in total. The number of hydrogen-bond donors (Lipinski definition) is 3. The van der Waals surface area contributed by atoms with Crippen molar-refractivity contribution in [3.63, 3.8) is 0 Å². The first-order valence-corrected chi connectivity index (χ1v) is 10.4. The van der Waals surface area contributed by atoms with Crippen molar-refractivity contribution in [3.05, 3.63) is 71.9 Å². The largest absolute Gasteiger partial charge is 0.480 e. The molecule has 0 radical (unpaired) electrons. The molecular formula is C25H24N4O5. The lowest BCUT2D eigenvalue weighted by molar-refractivity contribution is -0.140. The third kappa shape index (κ3) is 6.23. The second kappa shape index (κ2) is 10.8. The van der Waals surface area contributed by atoms with Gasteiger partial charge in [0.15, 0.2) is 0 Å². The number of anilines is 1. The van der Waals surface area contributed by atoms with Crippen LogP contribution in [-0.2, 0) is 21.4 Å². The number of nitrogens with one attached hydrogen (secondary N) is 2. The van der Waals surface area contributed by atoms with E-state index in [1.807, 2.05) is 30.3 Å². The van der Waals surface area contributed by atoms with Crippen LogP contribution in [0.5, 0.6) is 0 Å². The van der Waals surface area contributed by atoms with Gasteiger partial charge in [-0.25, -0.2) is 4.79 Å². The normalized spacial score (nSPS) is 12.0. The van der Waals surface area contributed by atoms with Gasteiger partial charge in [-0.1, -0.05) is 48.4 Å². The summed E-state index contributed by atoms with van der Waals surface area (Å²) in [6.45, 7) is 3.15. The molecule has 0 bridgehead atoms. The van der Waals surface area contributed by atoms with Crippen LogP contribution in [0.25, 0.3) is 11.1 Å². The molecule has 0 saturated heterocycles. The highest BCUT2D eigenvalue weighted by molar-refractivity contribution is 5.96. The Labute approximate surface area is 196 Å². The Kier molecular flexibility index (Phi) is 7.67. The summed E-state index contributed by atoms with van der Waals surface area (Å²) in [5.74, 6) is 3.70. The summed E-state index contributed by atoms with van der Waals surface area (Å²) in [6, 6.07) is 15.4. The maximum absolute atomic E-state index is 12.5. The summed E-state index contributed by atoms with van der Waals surface area (Å²) in [4.78, 5) is 35.0. The van der Waals surface area contributed by atoms with Gasteiger partial charge in [-0.15, -0.1) is 0 Å². The molecule has 174 valence electrons. The van der Waals surface area contributed by atoms with E-state index in [-0.39, 0.29) is 0 Å². The number of aryl methyl sites for hydroxylation is 1. The smallest absolute Gasteiger partial charge is 0.413 e. The number of rotatable bonds is 6. The van der Waals surface area contributed by atoms with Gasteiger partial charge in [-0.05, 0) is 37.1 Å². The van der Waals surface area contributed by atoms with Gasteiger partial charge in [0.2, 0.25) is 0 Å². The Bertz CT molecular complexity index is 1240. The van der Waals surface area contributed by atoms with E-state index < -0.39 is 30.1 Å². The third-order valence-corrected chi connectivity index (χ3v) is 4.95. The first kappa shape index (κ1) is 24.1. The minimum absolute atomic E-state index is 0.425. The number of carboxylic acids is 1. The van der Waals surface area contributed by atoms with Crippen LogP contribution in [-0.4, -0.2) is 38.9 Å². The van der Waals surface area contributed by atoms with Crippen LogP contribution in [0.1, 0.15) is 31.1 Å². The third-order valence-electron chi connectivity index (χ3n) is 4.95. The van der Waals surface area contributed by atoms with Crippen LogP contribution < -0.4 is 10.6 Å². The van der Waals surface area contributed by atoms with E-state index in [0.29, 0.717) is 16.9 Å². The molecule has 0 aliphatic carbocycles. The zero-order valence-electron chi connectivity index (χ0n) is 18.9. The molecule has 9 nitrogen and oxygen atoms in total. The average Bonchev–Trinajstić information content (AvgIpc) is 3.18. The van der Waals surface area contributed by atoms with Gasteiger partial charge < -0.3 is 15.2 Å². The summed E-state index contributed by atoms with van der Waals surface area (Å²) < 4.78 is 7.02. The highest BCUT2D eigenvalue weighted by Crippen LogP contribution is 2.28. The van der Waals surface area contributed by atoms with Crippen molar-refractivity contribution in [2.24, 2.45) is 7.05 Å². The molecule has 1 aromatic heterocycles. The van der Waals surface area contributed by atoms with E-state index in [1.54, 1.807) is 44.4 Å². The molecule has 34 heavy (non-hydrogen) atoms. The van der Waals surface area contributed by atoms with Crippen molar-refractivity contribution in [1.29, 1.82) is 0 Å². The molecule has 0 fully saturated rings. The molecule has 2 amide bonds. The number of carbonyl (C=O) groups excluding carboxylic acids is 2. The van der Waals surface area contributed by atoms with Crippen LogP contribution in [0.2, 0.25) is 0 Å². The van der Waals surface area contributed by atoms with Crippen molar-refractivity contribution in [2.75, 3.05) is 5.32 Å². The average molecular weight is 460 g/mol. The second-order valence-corrected chi connectivity index (χ2v) is 7.47. The molecule has 9 heteroatoms. The van der Waals surface area contributed by atoms with Gasteiger partial charge in [0.05, 0.1) is 6.20 Å². The molecule has 0 aliphatic rings. The van der Waals surface area contributed by atoms with Gasteiger partial charge in [0.25, 0.3) is 5.91 Å². The predicted octanol–water partition coefficient (Wildman–Crippen LogP) is 3.34. The molecule has 0 saturated carbocycles. The second-order valence-electron chi connectivity index (χ2n) is 7.47. The maximum Gasteiger partial charge on any atom is 0.413 e. The Morgan fingerprint density at radius 3 is 2.38 bits per heavy atom. The summed E-state index contributed by atoms with van der Waals surface area (Å²) in [7, 11) is 1.70. The minimum atomic E-state index is -1.14. The number of hydrogen-bond acceptors (Lipinski definition) is 5. The molecule has 0 spiro atoms. The first-order chi connectivity index (χ1) is 16.2. The molecule has 2 atom stereocenters. The van der Waals surface area contributed by atoms with Crippen molar-refractivity contribution in [3.8, 4) is 23.0 Å². The number of amides is 2. The van der Waals surface area contributed by atoms with Gasteiger partial charge in [-0.3, -0.25) is 19.6 Å². The van der Waals surface area contributed by atoms with Crippen LogP contribution >= 0.6 is 0 Å². The molecule has 2 aromatic carbocycles. The van der Waals surface area contributed by atoms with Crippen LogP contribution in [0.3, 0.4) is 0 Å². The first-order valence-electron chi connectivity index (χ1n) is 10.4. The molecular weight excluding hydrogens is 436 g/mol. The van der Waals surface area contributed by atoms with E-state index in [1.165, 1.54) is 11.6 Å². The monoisotopic (exact) mass is 460 g/mol. The number of carboxylic acid groups (broad SMARTS) is 1. The Morgan fingerprint density at radius 2 is 1.74 bits per heavy atom. The van der Waals surface area contributed by atoms with E-state index in [2.05, 4.69) is 27.6 Å². The summed E-state index contributed by atoms with van der Waals surface area (Å²) >= 11 is 0. The minimum Gasteiger partial charge on any atom is -0.480 e. The van der Waals surface area contributed by atoms with E-state index in [0.717, 1.165) is 11.1 Å². The summed E-state index contributed by atoms with van der Waals surface area (Å²) in [6.07, 6.45) is 0.592. The van der Waals surface area contributed by atoms with Crippen molar-refractivity contribution < 1.29 is 24.2 Å². The Morgan fingerprint density at radius 1 is 1.06 bits per heavy atom. The lowest BCUT2D eigenvalue weighted by Crippen LogP contribution is -2.37. The highest BCUT2D eigenvalue weighted by Gasteiger charge is 2.17. The fraction of sp³-hybridized carbons (Fsp3) is 0.200. The highest BCUT2D eigenvalue weighted by atomic mass is 16.6. The zero-order valence-corrected chi connectivity index (χ0v) is 18.9. The molecule has 0 aliphatic heterocycles. The van der Waals surface area contributed by atoms with Crippen molar-refractivity contribution in [1.82, 2.24) is 15.1 Å². The van der Waals surface area contributed by atoms with Crippen LogP contribution in [0, 0.1) is 11.8 Å². The SMILES string of the molecule is C[C@@H](NC(=O)C#Cc1ccc(-c2cnn(C)c2NC(=O)O[C@H](C)c2ccccc2)cc1)C(=O)O. The lowest BCUT2D eigenvalue weighted by atomic mass is 10.1. The van der Waals surface area contributed by atoms with Crippen LogP contribution in [0.4, 0.5) is 10.6 Å². The molecule has 1 heterocycles. The molecule has 0 unspecified atom stereocenters. The van der Waals surface area contributed by atoms with E-state index in [4.69, 9.17) is 9.84 Å². The Hall–Kier alpha value is -4.58. The fourth-order valence-electron chi connectivity index (χ4n) is 3.03. The van der Waals surface area contributed by atoms with Gasteiger partial charge in [0, 0.05) is 24.1 Å². The van der Waals surface area contributed by atoms with Crippen molar-refractivity contribution in [2.45, 2.75) is 26.0 Å². The molecule has 3 rings (SSSR count). The maximum atomic E-state index is 12.5. The van der Waals surface area contributed by atoms with E-state index >= 15 is 0 Å². The van der Waals surface area contributed by atoms with Gasteiger partial charge in [0.1, 0.15) is 18.0 Å². The topological polar surface area (TPSA) is 123 Å².